The van der Waals surface area contributed by atoms with Gasteiger partial charge >= 0.3 is 5.97 Å². The zero-order chi connectivity index (χ0) is 26.1. The molecular weight excluding hydrogens is 470 g/mol. The zero-order valence-electron chi connectivity index (χ0n) is 21.0. The highest BCUT2D eigenvalue weighted by atomic mass is 32.2. The lowest BCUT2D eigenvalue weighted by Crippen LogP contribution is -2.46. The summed E-state index contributed by atoms with van der Waals surface area (Å²) in [6.07, 6.45) is 2.83. The maximum atomic E-state index is 12.3. The summed E-state index contributed by atoms with van der Waals surface area (Å²) in [6.45, 7) is 7.37. The first-order valence-corrected chi connectivity index (χ1v) is 12.9. The molecule has 0 aromatic heterocycles. The molecule has 1 atom stereocenters. The summed E-state index contributed by atoms with van der Waals surface area (Å²) in [5.74, 6) is -0.564. The van der Waals surface area contributed by atoms with Gasteiger partial charge in [-0.2, -0.15) is 8.42 Å². The number of carbonyl (C=O) groups excluding carboxylic acids is 2. The lowest BCUT2D eigenvalue weighted by molar-refractivity contribution is -0.235. The van der Waals surface area contributed by atoms with E-state index in [-0.39, 0.29) is 17.9 Å². The fourth-order valence-corrected chi connectivity index (χ4v) is 4.27. The number of ether oxygens (including phenoxy) is 1. The van der Waals surface area contributed by atoms with E-state index in [1.807, 2.05) is 31.2 Å². The van der Waals surface area contributed by atoms with Crippen LogP contribution in [0.15, 0.2) is 53.4 Å². The van der Waals surface area contributed by atoms with Gasteiger partial charge in [-0.1, -0.05) is 42.0 Å². The van der Waals surface area contributed by atoms with Gasteiger partial charge in [-0.25, -0.2) is 9.86 Å². The molecule has 1 unspecified atom stereocenters. The first-order valence-electron chi connectivity index (χ1n) is 11.5. The Balaban J connectivity index is 1.87. The van der Waals surface area contributed by atoms with E-state index in [4.69, 9.17) is 13.8 Å². The molecule has 2 rings (SSSR count). The van der Waals surface area contributed by atoms with E-state index in [0.717, 1.165) is 34.6 Å². The molecule has 1 amide bonds. The molecule has 0 fully saturated rings. The third kappa shape index (κ3) is 9.43. The molecule has 2 aromatic carbocycles. The van der Waals surface area contributed by atoms with E-state index in [1.54, 1.807) is 45.0 Å². The highest BCUT2D eigenvalue weighted by Gasteiger charge is 2.30. The quantitative estimate of drug-likeness (QED) is 0.133. The van der Waals surface area contributed by atoms with Gasteiger partial charge in [0.1, 0.15) is 0 Å². The molecule has 0 N–H and O–H groups in total. The minimum Gasteiger partial charge on any atom is -0.467 e. The Bertz CT molecular complexity index is 1060. The number of hydrogen-bond acceptors (Lipinski definition) is 7. The normalized spacial score (nSPS) is 12.7. The maximum absolute atomic E-state index is 12.3. The Morgan fingerprint density at radius 3 is 2.14 bits per heavy atom. The lowest BCUT2D eigenvalue weighted by atomic mass is 10.0. The average molecular weight is 506 g/mol. The summed E-state index contributed by atoms with van der Waals surface area (Å²) in [5, 5.41) is 1.00. The predicted molar refractivity (Wildman–Crippen MR) is 132 cm³/mol. The summed E-state index contributed by atoms with van der Waals surface area (Å²) in [6, 6.07) is 13.3. The highest BCUT2D eigenvalue weighted by Crippen LogP contribution is 2.18. The molecular formula is C26H35NO7S. The number of benzene rings is 2. The second-order valence-corrected chi connectivity index (χ2v) is 10.9. The highest BCUT2D eigenvalue weighted by molar-refractivity contribution is 7.86. The van der Waals surface area contributed by atoms with Crippen molar-refractivity contribution in [2.45, 2.75) is 69.9 Å². The fourth-order valence-electron chi connectivity index (χ4n) is 3.33. The van der Waals surface area contributed by atoms with Crippen molar-refractivity contribution >= 4 is 22.5 Å². The SMILES string of the molecule is COC(=O)C(Cc1ccc(CCCCOS(=O)(=O)c2ccc(C)cc2)cc1)N(C=O)OC(C)(C)C. The fraction of sp³-hybridized carbons (Fsp3) is 0.462. The van der Waals surface area contributed by atoms with Crippen molar-refractivity contribution in [3.05, 3.63) is 65.2 Å². The molecule has 0 saturated heterocycles. The molecule has 0 aliphatic rings. The van der Waals surface area contributed by atoms with Crippen LogP contribution in [0.5, 0.6) is 0 Å². The number of esters is 1. The van der Waals surface area contributed by atoms with Crippen LogP contribution in [0.25, 0.3) is 0 Å². The Hall–Kier alpha value is -2.75. The molecule has 0 spiro atoms. The number of unbranched alkanes of at least 4 members (excludes halogenated alkanes) is 1. The van der Waals surface area contributed by atoms with E-state index < -0.39 is 27.7 Å². The van der Waals surface area contributed by atoms with Crippen molar-refractivity contribution in [2.24, 2.45) is 0 Å². The zero-order valence-corrected chi connectivity index (χ0v) is 21.8. The molecule has 9 heteroatoms. The lowest BCUT2D eigenvalue weighted by Gasteiger charge is -2.31. The van der Waals surface area contributed by atoms with Gasteiger partial charge in [0, 0.05) is 6.42 Å². The van der Waals surface area contributed by atoms with Crippen LogP contribution in [0.3, 0.4) is 0 Å². The topological polar surface area (TPSA) is 99.2 Å². The van der Waals surface area contributed by atoms with E-state index in [9.17, 15) is 18.0 Å². The van der Waals surface area contributed by atoms with E-state index in [2.05, 4.69) is 0 Å². The summed E-state index contributed by atoms with van der Waals surface area (Å²) >= 11 is 0. The molecule has 2 aromatic rings. The van der Waals surface area contributed by atoms with Gasteiger partial charge < -0.3 is 4.74 Å². The molecule has 0 aliphatic heterocycles. The Labute approximate surface area is 208 Å². The smallest absolute Gasteiger partial charge is 0.331 e. The largest absolute Gasteiger partial charge is 0.467 e. The van der Waals surface area contributed by atoms with Gasteiger partial charge in [0.25, 0.3) is 10.1 Å². The predicted octanol–water partition coefficient (Wildman–Crippen LogP) is 4.00. The Morgan fingerprint density at radius 2 is 1.60 bits per heavy atom. The summed E-state index contributed by atoms with van der Waals surface area (Å²) in [7, 11) is -2.47. The van der Waals surface area contributed by atoms with Gasteiger partial charge in [-0.3, -0.25) is 13.8 Å². The summed E-state index contributed by atoms with van der Waals surface area (Å²) < 4.78 is 34.5. The van der Waals surface area contributed by atoms with Crippen LogP contribution in [0, 0.1) is 6.92 Å². The van der Waals surface area contributed by atoms with Crippen LogP contribution in [-0.2, 0) is 46.3 Å². The second kappa shape index (κ2) is 12.8. The number of amides is 1. The minimum atomic E-state index is -3.75. The van der Waals surface area contributed by atoms with Crippen LogP contribution in [-0.4, -0.2) is 51.2 Å². The van der Waals surface area contributed by atoms with E-state index in [1.165, 1.54) is 7.11 Å². The minimum absolute atomic E-state index is 0.115. The van der Waals surface area contributed by atoms with Gasteiger partial charge in [-0.15, -0.1) is 0 Å². The van der Waals surface area contributed by atoms with Crippen molar-refractivity contribution < 1.29 is 31.8 Å². The number of hydroxylamine groups is 2. The van der Waals surface area contributed by atoms with Crippen LogP contribution in [0.1, 0.15) is 50.3 Å². The third-order valence-electron chi connectivity index (χ3n) is 5.12. The van der Waals surface area contributed by atoms with Crippen LogP contribution in [0.4, 0.5) is 0 Å². The van der Waals surface area contributed by atoms with Crippen molar-refractivity contribution in [2.75, 3.05) is 13.7 Å². The van der Waals surface area contributed by atoms with Gasteiger partial charge in [0.05, 0.1) is 24.2 Å². The standard InChI is InChI=1S/C26H35NO7S/c1-20-9-15-23(16-10-20)35(30,31)33-17-7-6-8-21-11-13-22(14-12-21)18-24(25(29)32-5)27(19-28)34-26(2,3)4/h9-16,19,24H,6-8,17-18H2,1-5H3. The molecule has 0 heterocycles. The first-order chi connectivity index (χ1) is 16.4. The molecule has 0 saturated carbocycles. The molecule has 0 radical (unpaired) electrons. The maximum Gasteiger partial charge on any atom is 0.331 e. The molecule has 35 heavy (non-hydrogen) atoms. The van der Waals surface area contributed by atoms with Crippen LogP contribution < -0.4 is 0 Å². The number of hydrogen-bond donors (Lipinski definition) is 0. The van der Waals surface area contributed by atoms with Gasteiger partial charge in [0.15, 0.2) is 6.04 Å². The van der Waals surface area contributed by atoms with Crippen molar-refractivity contribution in [3.63, 3.8) is 0 Å². The average Bonchev–Trinajstić information content (AvgIpc) is 2.81. The summed E-state index contributed by atoms with van der Waals surface area (Å²) in [5.41, 5.74) is 2.25. The number of rotatable bonds is 13. The van der Waals surface area contributed by atoms with Gasteiger partial charge in [0.2, 0.25) is 6.41 Å². The number of carbonyl (C=O) groups is 2. The van der Waals surface area contributed by atoms with Crippen molar-refractivity contribution in [1.82, 2.24) is 5.06 Å². The van der Waals surface area contributed by atoms with Crippen molar-refractivity contribution in [3.8, 4) is 0 Å². The van der Waals surface area contributed by atoms with E-state index >= 15 is 0 Å². The Kier molecular flexibility index (Phi) is 10.4. The number of methoxy groups -OCH3 is 1. The number of nitrogens with zero attached hydrogens (tertiary/aromatic N) is 1. The third-order valence-corrected chi connectivity index (χ3v) is 6.45. The van der Waals surface area contributed by atoms with Crippen LogP contribution in [0.2, 0.25) is 0 Å². The van der Waals surface area contributed by atoms with Crippen molar-refractivity contribution in [1.29, 1.82) is 0 Å². The molecule has 0 aliphatic carbocycles. The monoisotopic (exact) mass is 505 g/mol. The first kappa shape index (κ1) is 28.5. The van der Waals surface area contributed by atoms with Crippen LogP contribution >= 0.6 is 0 Å². The molecule has 0 bridgehead atoms. The molecule has 8 nitrogen and oxygen atoms in total. The van der Waals surface area contributed by atoms with Gasteiger partial charge in [-0.05, 0) is 70.2 Å². The second-order valence-electron chi connectivity index (χ2n) is 9.27. The summed E-state index contributed by atoms with van der Waals surface area (Å²) in [4.78, 5) is 29.6. The van der Waals surface area contributed by atoms with E-state index in [0.29, 0.717) is 12.8 Å². The molecule has 192 valence electrons. The number of aryl methyl sites for hydroxylation is 2. The Morgan fingerprint density at radius 1 is 1.00 bits per heavy atom.